The highest BCUT2D eigenvalue weighted by molar-refractivity contribution is 5.80. The van der Waals surface area contributed by atoms with Gasteiger partial charge in [0.25, 0.3) is 0 Å². The average Bonchev–Trinajstić information content (AvgIpc) is 2.69. The van der Waals surface area contributed by atoms with Gasteiger partial charge in [0, 0.05) is 45.0 Å². The first-order valence-electron chi connectivity index (χ1n) is 8.95. The molecule has 26 heavy (non-hydrogen) atoms. The van der Waals surface area contributed by atoms with Gasteiger partial charge in [-0.05, 0) is 17.2 Å². The summed E-state index contributed by atoms with van der Waals surface area (Å²) >= 11 is 0. The molecule has 2 N–H and O–H groups in total. The summed E-state index contributed by atoms with van der Waals surface area (Å²) in [5.41, 5.74) is 2.00. The molecule has 0 saturated carbocycles. The van der Waals surface area contributed by atoms with Crippen molar-refractivity contribution in [2.24, 2.45) is 0 Å². The number of carbonyl (C=O) groups is 2. The van der Waals surface area contributed by atoms with E-state index < -0.39 is 0 Å². The SMILES string of the molecule is O=C(Cc1ccccc1)NCCC(=O)N1CCNCC1c1cccnc1. The Kier molecular flexibility index (Phi) is 6.33. The fourth-order valence-electron chi connectivity index (χ4n) is 3.17. The van der Waals surface area contributed by atoms with Crippen LogP contribution in [0.3, 0.4) is 0 Å². The van der Waals surface area contributed by atoms with Gasteiger partial charge in [0.1, 0.15) is 0 Å². The van der Waals surface area contributed by atoms with Gasteiger partial charge >= 0.3 is 0 Å². The lowest BCUT2D eigenvalue weighted by Gasteiger charge is -2.36. The zero-order valence-corrected chi connectivity index (χ0v) is 14.7. The second kappa shape index (κ2) is 9.10. The Morgan fingerprint density at radius 2 is 2.04 bits per heavy atom. The molecule has 1 atom stereocenters. The molecule has 1 aliphatic rings. The van der Waals surface area contributed by atoms with Gasteiger partial charge in [-0.3, -0.25) is 14.6 Å². The molecule has 6 heteroatoms. The van der Waals surface area contributed by atoms with Gasteiger partial charge in [-0.2, -0.15) is 0 Å². The minimum atomic E-state index is -0.0619. The van der Waals surface area contributed by atoms with Gasteiger partial charge < -0.3 is 15.5 Å². The Morgan fingerprint density at radius 1 is 1.19 bits per heavy atom. The molecule has 1 saturated heterocycles. The van der Waals surface area contributed by atoms with Crippen LogP contribution in [0, 0.1) is 0 Å². The lowest BCUT2D eigenvalue weighted by atomic mass is 10.0. The second-order valence-corrected chi connectivity index (χ2v) is 6.36. The number of nitrogens with one attached hydrogen (secondary N) is 2. The van der Waals surface area contributed by atoms with E-state index in [1.807, 2.05) is 47.4 Å². The third-order valence-corrected chi connectivity index (χ3v) is 4.50. The van der Waals surface area contributed by atoms with Crippen LogP contribution >= 0.6 is 0 Å². The van der Waals surface area contributed by atoms with Gasteiger partial charge in [0.15, 0.2) is 0 Å². The summed E-state index contributed by atoms with van der Waals surface area (Å²) in [5, 5.41) is 6.17. The molecular formula is C20H24N4O2. The first kappa shape index (κ1) is 18.1. The molecule has 1 unspecified atom stereocenters. The monoisotopic (exact) mass is 352 g/mol. The zero-order chi connectivity index (χ0) is 18.2. The van der Waals surface area contributed by atoms with Crippen molar-refractivity contribution in [1.29, 1.82) is 0 Å². The van der Waals surface area contributed by atoms with Gasteiger partial charge in [-0.25, -0.2) is 0 Å². The number of aromatic nitrogens is 1. The van der Waals surface area contributed by atoms with E-state index in [1.165, 1.54) is 0 Å². The maximum absolute atomic E-state index is 12.6. The van der Waals surface area contributed by atoms with E-state index >= 15 is 0 Å². The predicted octanol–water partition coefficient (Wildman–Crippen LogP) is 1.30. The Bertz CT molecular complexity index is 721. The highest BCUT2D eigenvalue weighted by atomic mass is 16.2. The summed E-state index contributed by atoms with van der Waals surface area (Å²) in [6, 6.07) is 13.5. The first-order valence-corrected chi connectivity index (χ1v) is 8.95. The fourth-order valence-corrected chi connectivity index (χ4v) is 3.17. The van der Waals surface area contributed by atoms with Gasteiger partial charge in [-0.15, -0.1) is 0 Å². The van der Waals surface area contributed by atoms with Crippen LogP contribution in [0.25, 0.3) is 0 Å². The minimum absolute atomic E-state index is 0.00929. The Hall–Kier alpha value is -2.73. The van der Waals surface area contributed by atoms with E-state index in [9.17, 15) is 9.59 Å². The molecule has 2 aromatic rings. The van der Waals surface area contributed by atoms with E-state index in [4.69, 9.17) is 0 Å². The van der Waals surface area contributed by atoms with E-state index in [1.54, 1.807) is 12.4 Å². The Morgan fingerprint density at radius 3 is 2.81 bits per heavy atom. The van der Waals surface area contributed by atoms with Crippen molar-refractivity contribution in [3.05, 3.63) is 66.0 Å². The first-order chi connectivity index (χ1) is 12.7. The number of benzene rings is 1. The smallest absolute Gasteiger partial charge is 0.224 e. The predicted molar refractivity (Wildman–Crippen MR) is 99.3 cm³/mol. The van der Waals surface area contributed by atoms with Crippen LogP contribution in [0.4, 0.5) is 0 Å². The molecule has 6 nitrogen and oxygen atoms in total. The molecule has 3 rings (SSSR count). The third kappa shape index (κ3) is 4.89. The topological polar surface area (TPSA) is 74.3 Å². The Balaban J connectivity index is 1.49. The number of pyridine rings is 1. The number of rotatable bonds is 6. The lowest BCUT2D eigenvalue weighted by Crippen LogP contribution is -2.49. The highest BCUT2D eigenvalue weighted by Gasteiger charge is 2.27. The van der Waals surface area contributed by atoms with Crippen molar-refractivity contribution in [2.75, 3.05) is 26.2 Å². The van der Waals surface area contributed by atoms with E-state index in [-0.39, 0.29) is 17.9 Å². The maximum atomic E-state index is 12.6. The van der Waals surface area contributed by atoms with E-state index in [2.05, 4.69) is 15.6 Å². The van der Waals surface area contributed by atoms with Crippen LogP contribution < -0.4 is 10.6 Å². The van der Waals surface area contributed by atoms with Crippen molar-refractivity contribution in [3.63, 3.8) is 0 Å². The summed E-state index contributed by atoms with van der Waals surface area (Å²) in [6.07, 6.45) is 4.17. The molecule has 2 heterocycles. The van der Waals surface area contributed by atoms with Crippen molar-refractivity contribution >= 4 is 11.8 Å². The molecule has 1 aliphatic heterocycles. The second-order valence-electron chi connectivity index (χ2n) is 6.36. The standard InChI is InChI=1S/C20H24N4O2/c25-19(13-16-5-2-1-3-6-16)23-10-8-20(26)24-12-11-22-15-18(24)17-7-4-9-21-14-17/h1-7,9,14,18,22H,8,10-13,15H2,(H,23,25). The fraction of sp³-hybridized carbons (Fsp3) is 0.350. The number of hydrogen-bond acceptors (Lipinski definition) is 4. The molecule has 0 radical (unpaired) electrons. The van der Waals surface area contributed by atoms with Gasteiger partial charge in [0.2, 0.25) is 11.8 Å². The number of carbonyl (C=O) groups excluding carboxylic acids is 2. The van der Waals surface area contributed by atoms with Gasteiger partial charge in [0.05, 0.1) is 12.5 Å². The molecule has 2 amide bonds. The van der Waals surface area contributed by atoms with Crippen LogP contribution in [0.1, 0.15) is 23.6 Å². The minimum Gasteiger partial charge on any atom is -0.355 e. The average molecular weight is 352 g/mol. The van der Waals surface area contributed by atoms with Crippen LogP contribution in [0.5, 0.6) is 0 Å². The number of hydrogen-bond donors (Lipinski definition) is 2. The number of piperazine rings is 1. The van der Waals surface area contributed by atoms with Crippen molar-refractivity contribution < 1.29 is 9.59 Å². The van der Waals surface area contributed by atoms with E-state index in [0.717, 1.165) is 24.2 Å². The zero-order valence-electron chi connectivity index (χ0n) is 14.7. The van der Waals surface area contributed by atoms with Crippen LogP contribution in [0.2, 0.25) is 0 Å². The van der Waals surface area contributed by atoms with Crippen LogP contribution in [0.15, 0.2) is 54.9 Å². The Labute approximate surface area is 153 Å². The summed E-state index contributed by atoms with van der Waals surface area (Å²) in [7, 11) is 0. The van der Waals surface area contributed by atoms with Crippen LogP contribution in [-0.2, 0) is 16.0 Å². The van der Waals surface area contributed by atoms with Crippen molar-refractivity contribution in [1.82, 2.24) is 20.5 Å². The molecule has 1 aromatic heterocycles. The highest BCUT2D eigenvalue weighted by Crippen LogP contribution is 2.21. The molecule has 0 bridgehead atoms. The largest absolute Gasteiger partial charge is 0.355 e. The van der Waals surface area contributed by atoms with E-state index in [0.29, 0.717) is 25.9 Å². The quantitative estimate of drug-likeness (QED) is 0.822. The molecule has 136 valence electrons. The molecular weight excluding hydrogens is 328 g/mol. The van der Waals surface area contributed by atoms with Crippen molar-refractivity contribution in [3.8, 4) is 0 Å². The molecule has 0 spiro atoms. The van der Waals surface area contributed by atoms with Gasteiger partial charge in [-0.1, -0.05) is 36.4 Å². The molecule has 0 aliphatic carbocycles. The molecule has 1 fully saturated rings. The summed E-state index contributed by atoms with van der Waals surface area (Å²) in [5.74, 6) is -0.00603. The normalized spacial score (nSPS) is 16.9. The van der Waals surface area contributed by atoms with Crippen LogP contribution in [-0.4, -0.2) is 47.9 Å². The molecule has 1 aromatic carbocycles. The summed E-state index contributed by atoms with van der Waals surface area (Å²) < 4.78 is 0. The summed E-state index contributed by atoms with van der Waals surface area (Å²) in [4.78, 5) is 30.7. The van der Waals surface area contributed by atoms with Crippen molar-refractivity contribution in [2.45, 2.75) is 18.9 Å². The maximum Gasteiger partial charge on any atom is 0.224 e. The number of nitrogens with zero attached hydrogens (tertiary/aromatic N) is 2. The third-order valence-electron chi connectivity index (χ3n) is 4.50. The number of amides is 2. The summed E-state index contributed by atoms with van der Waals surface area (Å²) in [6.45, 7) is 2.52. The lowest BCUT2D eigenvalue weighted by molar-refractivity contribution is -0.134.